The van der Waals surface area contributed by atoms with Gasteiger partial charge in [0, 0.05) is 0 Å². The predicted molar refractivity (Wildman–Crippen MR) is 55.8 cm³/mol. The molecule has 0 heterocycles. The monoisotopic (exact) mass is 217 g/mol. The molecule has 3 N–H and O–H groups in total. The quantitative estimate of drug-likeness (QED) is 0.527. The second-order valence-electron chi connectivity index (χ2n) is 3.98. The maximum absolute atomic E-state index is 10.6. The zero-order valence-corrected chi connectivity index (χ0v) is 9.19. The standard InChI is InChI=1S/C10H19NO4/c1-7(2)4-3-5-11-8(10(14)15)6-9(12)13/h7-8,11H,3-6H2,1-2H3,(H,12,13)(H,14,15). The molecule has 0 radical (unpaired) electrons. The Balaban J connectivity index is 3.77. The van der Waals surface area contributed by atoms with Crippen molar-refractivity contribution < 1.29 is 19.8 Å². The van der Waals surface area contributed by atoms with Gasteiger partial charge in [0.05, 0.1) is 6.42 Å². The first kappa shape index (κ1) is 13.9. The van der Waals surface area contributed by atoms with Crippen molar-refractivity contribution in [3.63, 3.8) is 0 Å². The summed E-state index contributed by atoms with van der Waals surface area (Å²) in [5.41, 5.74) is 0. The number of carboxylic acids is 2. The lowest BCUT2D eigenvalue weighted by atomic mass is 10.1. The molecular weight excluding hydrogens is 198 g/mol. The minimum Gasteiger partial charge on any atom is -0.481 e. The number of nitrogens with one attached hydrogen (secondary N) is 1. The van der Waals surface area contributed by atoms with Crippen molar-refractivity contribution in [2.24, 2.45) is 5.92 Å². The van der Waals surface area contributed by atoms with Crippen molar-refractivity contribution in [3.05, 3.63) is 0 Å². The van der Waals surface area contributed by atoms with Crippen molar-refractivity contribution in [3.8, 4) is 0 Å². The zero-order valence-electron chi connectivity index (χ0n) is 9.19. The summed E-state index contributed by atoms with van der Waals surface area (Å²) in [6, 6.07) is -0.977. The number of hydrogen-bond donors (Lipinski definition) is 3. The van der Waals surface area contributed by atoms with E-state index in [1.165, 1.54) is 0 Å². The van der Waals surface area contributed by atoms with Crippen LogP contribution in [0.2, 0.25) is 0 Å². The minimum absolute atomic E-state index is 0.378. The lowest BCUT2D eigenvalue weighted by molar-refractivity contribution is -0.145. The number of aliphatic carboxylic acids is 2. The van der Waals surface area contributed by atoms with Gasteiger partial charge in [-0.15, -0.1) is 0 Å². The summed E-state index contributed by atoms with van der Waals surface area (Å²) in [6.45, 7) is 4.72. The highest BCUT2D eigenvalue weighted by molar-refractivity contribution is 5.80. The molecule has 0 aromatic carbocycles. The molecule has 0 spiro atoms. The van der Waals surface area contributed by atoms with E-state index in [4.69, 9.17) is 10.2 Å². The third-order valence-corrected chi connectivity index (χ3v) is 2.03. The lowest BCUT2D eigenvalue weighted by Gasteiger charge is -2.12. The van der Waals surface area contributed by atoms with Crippen LogP contribution in [0.15, 0.2) is 0 Å². The Bertz CT molecular complexity index is 215. The molecule has 0 aliphatic carbocycles. The van der Waals surface area contributed by atoms with Crippen LogP contribution in [-0.2, 0) is 9.59 Å². The molecule has 0 aliphatic rings. The Kier molecular flexibility index (Phi) is 6.70. The van der Waals surface area contributed by atoms with Crippen molar-refractivity contribution in [2.75, 3.05) is 6.54 Å². The summed E-state index contributed by atoms with van der Waals surface area (Å²) in [5, 5.41) is 19.9. The van der Waals surface area contributed by atoms with Gasteiger partial charge < -0.3 is 15.5 Å². The average Bonchev–Trinajstić information content (AvgIpc) is 2.08. The van der Waals surface area contributed by atoms with Crippen LogP contribution in [0, 0.1) is 5.92 Å². The van der Waals surface area contributed by atoms with Crippen LogP contribution in [-0.4, -0.2) is 34.7 Å². The van der Waals surface area contributed by atoms with Crippen molar-refractivity contribution in [1.82, 2.24) is 5.32 Å². The van der Waals surface area contributed by atoms with E-state index < -0.39 is 18.0 Å². The van der Waals surface area contributed by atoms with E-state index >= 15 is 0 Å². The molecular formula is C10H19NO4. The van der Waals surface area contributed by atoms with Gasteiger partial charge in [0.1, 0.15) is 6.04 Å². The SMILES string of the molecule is CC(C)CCCNC(CC(=O)O)C(=O)O. The lowest BCUT2D eigenvalue weighted by Crippen LogP contribution is -2.39. The molecule has 1 atom stereocenters. The Hall–Kier alpha value is -1.10. The largest absolute Gasteiger partial charge is 0.481 e. The van der Waals surface area contributed by atoms with Gasteiger partial charge in [-0.2, -0.15) is 0 Å². The molecule has 0 saturated carbocycles. The Morgan fingerprint density at radius 3 is 2.27 bits per heavy atom. The molecule has 1 unspecified atom stereocenters. The Morgan fingerprint density at radius 2 is 1.87 bits per heavy atom. The van der Waals surface area contributed by atoms with Crippen LogP contribution in [0.5, 0.6) is 0 Å². The normalized spacial score (nSPS) is 12.7. The van der Waals surface area contributed by atoms with Crippen LogP contribution in [0.25, 0.3) is 0 Å². The van der Waals surface area contributed by atoms with Crippen molar-refractivity contribution in [2.45, 2.75) is 39.2 Å². The average molecular weight is 217 g/mol. The minimum atomic E-state index is -1.11. The summed E-state index contributed by atoms with van der Waals surface area (Å²) >= 11 is 0. The van der Waals surface area contributed by atoms with E-state index in [9.17, 15) is 9.59 Å². The fourth-order valence-corrected chi connectivity index (χ4v) is 1.21. The van der Waals surface area contributed by atoms with E-state index in [2.05, 4.69) is 19.2 Å². The number of carbonyl (C=O) groups is 2. The van der Waals surface area contributed by atoms with Crippen molar-refractivity contribution in [1.29, 1.82) is 0 Å². The molecule has 0 aliphatic heterocycles. The third kappa shape index (κ3) is 7.93. The first-order valence-electron chi connectivity index (χ1n) is 5.11. The first-order chi connectivity index (χ1) is 6.93. The fraction of sp³-hybridized carbons (Fsp3) is 0.800. The molecule has 0 saturated heterocycles. The van der Waals surface area contributed by atoms with Crippen molar-refractivity contribution >= 4 is 11.9 Å². The smallest absolute Gasteiger partial charge is 0.321 e. The van der Waals surface area contributed by atoms with E-state index in [0.717, 1.165) is 12.8 Å². The molecule has 0 bridgehead atoms. The van der Waals surface area contributed by atoms with Gasteiger partial charge in [-0.3, -0.25) is 9.59 Å². The van der Waals surface area contributed by atoms with Crippen LogP contribution < -0.4 is 5.32 Å². The first-order valence-corrected chi connectivity index (χ1v) is 5.11. The predicted octanol–water partition coefficient (Wildman–Crippen LogP) is 0.940. The topological polar surface area (TPSA) is 86.6 Å². The Labute approximate surface area is 89.5 Å². The zero-order chi connectivity index (χ0) is 11.8. The molecule has 0 amide bonds. The number of hydrogen-bond acceptors (Lipinski definition) is 3. The Morgan fingerprint density at radius 1 is 1.27 bits per heavy atom. The van der Waals surface area contributed by atoms with Gasteiger partial charge >= 0.3 is 11.9 Å². The molecule has 0 rings (SSSR count). The highest BCUT2D eigenvalue weighted by Crippen LogP contribution is 2.02. The molecule has 88 valence electrons. The maximum atomic E-state index is 10.6. The van der Waals surface area contributed by atoms with Gasteiger partial charge in [0.25, 0.3) is 0 Å². The summed E-state index contributed by atoms with van der Waals surface area (Å²) < 4.78 is 0. The summed E-state index contributed by atoms with van der Waals surface area (Å²) in [6.07, 6.45) is 1.49. The molecule has 0 fully saturated rings. The van der Waals surface area contributed by atoms with Crippen LogP contribution in [0.3, 0.4) is 0 Å². The van der Waals surface area contributed by atoms with Crippen LogP contribution in [0.4, 0.5) is 0 Å². The van der Waals surface area contributed by atoms with Gasteiger partial charge in [-0.1, -0.05) is 13.8 Å². The second kappa shape index (κ2) is 7.23. The number of rotatable bonds is 8. The summed E-state index contributed by atoms with van der Waals surface area (Å²) in [4.78, 5) is 21.0. The van der Waals surface area contributed by atoms with Crippen LogP contribution in [0.1, 0.15) is 33.1 Å². The van der Waals surface area contributed by atoms with E-state index in [0.29, 0.717) is 12.5 Å². The summed E-state index contributed by atoms with van der Waals surface area (Å²) in [7, 11) is 0. The van der Waals surface area contributed by atoms with E-state index in [1.807, 2.05) is 0 Å². The third-order valence-electron chi connectivity index (χ3n) is 2.03. The van der Waals surface area contributed by atoms with E-state index in [1.54, 1.807) is 0 Å². The molecule has 0 aromatic rings. The van der Waals surface area contributed by atoms with Gasteiger partial charge in [0.15, 0.2) is 0 Å². The molecule has 0 aromatic heterocycles. The fourth-order valence-electron chi connectivity index (χ4n) is 1.21. The van der Waals surface area contributed by atoms with Gasteiger partial charge in [-0.25, -0.2) is 0 Å². The molecule has 5 nitrogen and oxygen atoms in total. The van der Waals surface area contributed by atoms with E-state index in [-0.39, 0.29) is 6.42 Å². The van der Waals surface area contributed by atoms with Gasteiger partial charge in [0.2, 0.25) is 0 Å². The summed E-state index contributed by atoms with van der Waals surface area (Å²) in [5.74, 6) is -1.63. The number of carboxylic acid groups (broad SMARTS) is 2. The molecule has 5 heteroatoms. The van der Waals surface area contributed by atoms with Gasteiger partial charge in [-0.05, 0) is 25.3 Å². The highest BCUT2D eigenvalue weighted by Gasteiger charge is 2.19. The maximum Gasteiger partial charge on any atom is 0.321 e. The van der Waals surface area contributed by atoms with Crippen LogP contribution >= 0.6 is 0 Å². The molecule has 15 heavy (non-hydrogen) atoms. The highest BCUT2D eigenvalue weighted by atomic mass is 16.4. The second-order valence-corrected chi connectivity index (χ2v) is 3.98.